The van der Waals surface area contributed by atoms with Crippen LogP contribution in [0.5, 0.6) is 0 Å². The molecule has 0 heterocycles. The lowest BCUT2D eigenvalue weighted by Gasteiger charge is -2.23. The van der Waals surface area contributed by atoms with Gasteiger partial charge in [-0.3, -0.25) is 0 Å². The highest BCUT2D eigenvalue weighted by molar-refractivity contribution is 5.74. The van der Waals surface area contributed by atoms with Crippen molar-refractivity contribution < 1.29 is 9.90 Å². The van der Waals surface area contributed by atoms with Gasteiger partial charge in [0.1, 0.15) is 0 Å². The summed E-state index contributed by atoms with van der Waals surface area (Å²) in [6.45, 7) is 8.10. The van der Waals surface area contributed by atoms with Crippen LogP contribution in [0, 0.1) is 0 Å². The summed E-state index contributed by atoms with van der Waals surface area (Å²) >= 11 is 0. The zero-order chi connectivity index (χ0) is 15.2. The zero-order valence-corrected chi connectivity index (χ0v) is 12.8. The molecule has 3 N–H and O–H groups in total. The number of carbonyl (C=O) groups excluding carboxylic acids is 1. The van der Waals surface area contributed by atoms with Crippen molar-refractivity contribution in [3.05, 3.63) is 35.9 Å². The fraction of sp³-hybridized carbons (Fsp3) is 0.562. The highest BCUT2D eigenvalue weighted by Gasteiger charge is 2.17. The van der Waals surface area contributed by atoms with Crippen LogP contribution in [0.4, 0.5) is 4.79 Å². The second-order valence-electron chi connectivity index (χ2n) is 6.28. The fourth-order valence-corrected chi connectivity index (χ4v) is 2.07. The monoisotopic (exact) mass is 278 g/mol. The quantitative estimate of drug-likeness (QED) is 0.775. The van der Waals surface area contributed by atoms with Gasteiger partial charge in [-0.2, -0.15) is 0 Å². The molecular weight excluding hydrogens is 252 g/mol. The molecule has 0 aliphatic carbocycles. The third-order valence-corrected chi connectivity index (χ3v) is 2.89. The Kier molecular flexibility index (Phi) is 6.02. The van der Waals surface area contributed by atoms with Gasteiger partial charge < -0.3 is 15.7 Å². The molecule has 4 nitrogen and oxygen atoms in total. The molecular formula is C16H26N2O2. The number of amides is 2. The molecule has 0 saturated carbocycles. The minimum absolute atomic E-state index is 0.113. The van der Waals surface area contributed by atoms with E-state index in [-0.39, 0.29) is 17.5 Å². The fourth-order valence-electron chi connectivity index (χ4n) is 2.07. The van der Waals surface area contributed by atoms with Crippen LogP contribution < -0.4 is 10.6 Å². The average Bonchev–Trinajstić information content (AvgIpc) is 2.33. The molecule has 2 atom stereocenters. The van der Waals surface area contributed by atoms with E-state index in [9.17, 15) is 9.90 Å². The molecule has 20 heavy (non-hydrogen) atoms. The molecule has 4 heteroatoms. The van der Waals surface area contributed by atoms with E-state index in [1.165, 1.54) is 0 Å². The van der Waals surface area contributed by atoms with E-state index in [2.05, 4.69) is 10.6 Å². The third-order valence-electron chi connectivity index (χ3n) is 2.89. The van der Waals surface area contributed by atoms with E-state index in [1.54, 1.807) is 6.92 Å². The van der Waals surface area contributed by atoms with E-state index in [4.69, 9.17) is 0 Å². The Morgan fingerprint density at radius 2 is 1.85 bits per heavy atom. The lowest BCUT2D eigenvalue weighted by molar-refractivity contribution is 0.173. The number of carbonyl (C=O) groups is 1. The largest absolute Gasteiger partial charge is 0.393 e. The summed E-state index contributed by atoms with van der Waals surface area (Å²) in [5, 5.41) is 15.4. The number of aliphatic hydroxyl groups excluding tert-OH is 1. The second-order valence-corrected chi connectivity index (χ2v) is 6.28. The topological polar surface area (TPSA) is 61.4 Å². The Hall–Kier alpha value is -1.55. The second kappa shape index (κ2) is 7.29. The van der Waals surface area contributed by atoms with Gasteiger partial charge in [-0.1, -0.05) is 30.3 Å². The average molecular weight is 278 g/mol. The highest BCUT2D eigenvalue weighted by atomic mass is 16.3. The standard InChI is InChI=1S/C16H26N2O2/c1-12(19)10-14(13-8-6-5-7-9-13)11-17-15(20)18-16(2,3)4/h5-9,12,14,19H,10-11H2,1-4H3,(H2,17,18,20). The van der Waals surface area contributed by atoms with Crippen molar-refractivity contribution in [2.45, 2.75) is 51.7 Å². The SMILES string of the molecule is CC(O)CC(CNC(=O)NC(C)(C)C)c1ccccc1. The molecule has 0 bridgehead atoms. The first kappa shape index (κ1) is 16.5. The summed E-state index contributed by atoms with van der Waals surface area (Å²) in [4.78, 5) is 11.8. The normalized spacial score (nSPS) is 14.4. The Labute approximate surface area is 121 Å². The third kappa shape index (κ3) is 6.57. The molecule has 0 saturated heterocycles. The Morgan fingerprint density at radius 1 is 1.25 bits per heavy atom. The van der Waals surface area contributed by atoms with Gasteiger partial charge in [-0.05, 0) is 39.7 Å². The number of hydrogen-bond acceptors (Lipinski definition) is 2. The number of nitrogens with one attached hydrogen (secondary N) is 2. The molecule has 0 aromatic heterocycles. The molecule has 1 aromatic carbocycles. The van der Waals surface area contributed by atoms with Crippen molar-refractivity contribution in [1.82, 2.24) is 10.6 Å². The van der Waals surface area contributed by atoms with Gasteiger partial charge in [0.25, 0.3) is 0 Å². The minimum Gasteiger partial charge on any atom is -0.393 e. The predicted molar refractivity (Wildman–Crippen MR) is 81.8 cm³/mol. The van der Waals surface area contributed by atoms with Crippen LogP contribution in [0.3, 0.4) is 0 Å². The number of aliphatic hydroxyl groups is 1. The molecule has 0 aliphatic heterocycles. The number of benzene rings is 1. The maximum Gasteiger partial charge on any atom is 0.315 e. The highest BCUT2D eigenvalue weighted by Crippen LogP contribution is 2.20. The van der Waals surface area contributed by atoms with Crippen LogP contribution >= 0.6 is 0 Å². The van der Waals surface area contributed by atoms with Gasteiger partial charge in [-0.25, -0.2) is 4.79 Å². The van der Waals surface area contributed by atoms with Gasteiger partial charge in [0.05, 0.1) is 6.10 Å². The van der Waals surface area contributed by atoms with Crippen molar-refractivity contribution in [2.24, 2.45) is 0 Å². The van der Waals surface area contributed by atoms with Crippen LogP contribution in [0.1, 0.15) is 45.6 Å². The molecule has 112 valence electrons. The predicted octanol–water partition coefficient (Wildman–Crippen LogP) is 2.64. The van der Waals surface area contributed by atoms with E-state index in [0.29, 0.717) is 13.0 Å². The van der Waals surface area contributed by atoms with Gasteiger partial charge >= 0.3 is 6.03 Å². The van der Waals surface area contributed by atoms with Gasteiger partial charge in [-0.15, -0.1) is 0 Å². The van der Waals surface area contributed by atoms with Crippen molar-refractivity contribution in [3.8, 4) is 0 Å². The molecule has 2 amide bonds. The Balaban J connectivity index is 2.60. The van der Waals surface area contributed by atoms with Crippen LogP contribution in [0.2, 0.25) is 0 Å². The minimum atomic E-state index is -0.396. The molecule has 0 aliphatic rings. The molecule has 1 aromatic rings. The van der Waals surface area contributed by atoms with Crippen LogP contribution in [0.25, 0.3) is 0 Å². The maximum atomic E-state index is 11.8. The number of hydrogen-bond donors (Lipinski definition) is 3. The first-order chi connectivity index (χ1) is 9.28. The smallest absolute Gasteiger partial charge is 0.315 e. The number of rotatable bonds is 5. The Morgan fingerprint density at radius 3 is 2.35 bits per heavy atom. The molecule has 0 spiro atoms. The summed E-state index contributed by atoms with van der Waals surface area (Å²) < 4.78 is 0. The summed E-state index contributed by atoms with van der Waals surface area (Å²) in [7, 11) is 0. The van der Waals surface area contributed by atoms with Gasteiger partial charge in [0, 0.05) is 18.0 Å². The van der Waals surface area contributed by atoms with E-state index in [1.807, 2.05) is 51.1 Å². The summed E-state index contributed by atoms with van der Waals surface area (Å²) in [5.41, 5.74) is 0.876. The van der Waals surface area contributed by atoms with Crippen LogP contribution in [0.15, 0.2) is 30.3 Å². The Bertz CT molecular complexity index is 410. The van der Waals surface area contributed by atoms with Crippen molar-refractivity contribution in [3.63, 3.8) is 0 Å². The summed E-state index contributed by atoms with van der Waals surface area (Å²) in [6.07, 6.45) is 0.229. The number of urea groups is 1. The summed E-state index contributed by atoms with van der Waals surface area (Å²) in [6, 6.07) is 9.78. The van der Waals surface area contributed by atoms with Crippen molar-refractivity contribution in [1.29, 1.82) is 0 Å². The lowest BCUT2D eigenvalue weighted by Crippen LogP contribution is -2.47. The van der Waals surface area contributed by atoms with Crippen LogP contribution in [-0.4, -0.2) is 29.3 Å². The molecule has 1 rings (SSSR count). The van der Waals surface area contributed by atoms with E-state index < -0.39 is 6.10 Å². The first-order valence-corrected chi connectivity index (χ1v) is 7.07. The maximum absolute atomic E-state index is 11.8. The zero-order valence-electron chi connectivity index (χ0n) is 12.8. The lowest BCUT2D eigenvalue weighted by atomic mass is 9.93. The van der Waals surface area contributed by atoms with Crippen molar-refractivity contribution in [2.75, 3.05) is 6.54 Å². The molecule has 2 unspecified atom stereocenters. The van der Waals surface area contributed by atoms with Crippen molar-refractivity contribution >= 4 is 6.03 Å². The molecule has 0 fully saturated rings. The molecule has 0 radical (unpaired) electrons. The van der Waals surface area contributed by atoms with Gasteiger partial charge in [0.2, 0.25) is 0 Å². The summed E-state index contributed by atoms with van der Waals surface area (Å²) in [5.74, 6) is 0.113. The van der Waals surface area contributed by atoms with Gasteiger partial charge in [0.15, 0.2) is 0 Å². The van der Waals surface area contributed by atoms with E-state index >= 15 is 0 Å². The van der Waals surface area contributed by atoms with Crippen LogP contribution in [-0.2, 0) is 0 Å². The first-order valence-electron chi connectivity index (χ1n) is 7.07. The van der Waals surface area contributed by atoms with E-state index in [0.717, 1.165) is 5.56 Å².